The van der Waals surface area contributed by atoms with Crippen molar-refractivity contribution in [3.8, 4) is 33.4 Å². The first-order chi connectivity index (χ1) is 36.6. The fourth-order valence-electron chi connectivity index (χ4n) is 10.8. The van der Waals surface area contributed by atoms with E-state index in [0.717, 1.165) is 63.3 Å². The average molecular weight is 976 g/mol. The molecule has 0 aliphatic carbocycles. The van der Waals surface area contributed by atoms with Gasteiger partial charge in [-0.1, -0.05) is 187 Å². The van der Waals surface area contributed by atoms with Gasteiger partial charge in [0.1, 0.15) is 0 Å². The Labute approximate surface area is 447 Å². The fraction of sp³-hybridized carbons (Fsp3) is 0.167. The minimum absolute atomic E-state index is 0.361. The van der Waals surface area contributed by atoms with Gasteiger partial charge >= 0.3 is 0 Å². The molecule has 0 saturated carbocycles. The van der Waals surface area contributed by atoms with Crippen molar-refractivity contribution in [3.63, 3.8) is 0 Å². The van der Waals surface area contributed by atoms with Crippen LogP contribution in [0.1, 0.15) is 86.8 Å². The third kappa shape index (κ3) is 10.4. The van der Waals surface area contributed by atoms with Gasteiger partial charge in [-0.15, -0.1) is 0 Å². The second-order valence-electron chi connectivity index (χ2n) is 20.4. The van der Waals surface area contributed by atoms with Gasteiger partial charge in [-0.05, 0) is 196 Å². The summed E-state index contributed by atoms with van der Waals surface area (Å²) in [6.07, 6.45) is 1.89. The smallest absolute Gasteiger partial charge is 0.0496 e. The van der Waals surface area contributed by atoms with E-state index < -0.39 is 0 Å². The Balaban J connectivity index is 1.10. The molecule has 0 spiro atoms. The van der Waals surface area contributed by atoms with Crippen LogP contribution in [-0.4, -0.2) is 0 Å². The summed E-state index contributed by atoms with van der Waals surface area (Å²) in [5.74, 6) is 0.722. The van der Waals surface area contributed by atoms with Crippen molar-refractivity contribution < 1.29 is 0 Å². The third-order valence-electron chi connectivity index (χ3n) is 14.8. The van der Waals surface area contributed by atoms with Crippen LogP contribution in [-0.2, 0) is 12.8 Å². The van der Waals surface area contributed by atoms with Gasteiger partial charge in [0.05, 0.1) is 0 Å². The van der Waals surface area contributed by atoms with Gasteiger partial charge < -0.3 is 14.7 Å². The lowest BCUT2D eigenvalue weighted by Gasteiger charge is -2.30. The lowest BCUT2D eigenvalue weighted by atomic mass is 9.92. The zero-order valence-electron chi connectivity index (χ0n) is 44.9. The zero-order valence-corrected chi connectivity index (χ0v) is 44.9. The van der Waals surface area contributed by atoms with Crippen LogP contribution in [0.15, 0.2) is 237 Å². The number of nitrogens with zero attached hydrogens (tertiary/aromatic N) is 3. The maximum Gasteiger partial charge on any atom is 0.0496 e. The number of anilines is 9. The maximum atomic E-state index is 2.45. The van der Waals surface area contributed by atoms with Crippen molar-refractivity contribution in [1.29, 1.82) is 0 Å². The van der Waals surface area contributed by atoms with E-state index >= 15 is 0 Å². The fourth-order valence-corrected chi connectivity index (χ4v) is 10.8. The standard InChI is InChI=1S/C72H69N3/c1-9-54-25-13-19-31-69(54)75(70-32-20-14-26-55(70)10-2)64-45-39-58(40-46-64)61-48-59(56-35-41-62(42-36-56)73(67-29-17-11-23-52(67)7)71-33-21-15-27-65(71)50(3)4)47-60(49-61)57-37-43-63(44-38-57)74(68-30-18-12-24-53(68)8)72-34-22-16-28-66(72)51(5)6/h11-51H,9-10H2,1-8H3. The van der Waals surface area contributed by atoms with Crippen molar-refractivity contribution in [3.05, 3.63) is 270 Å². The molecule has 0 atom stereocenters. The summed E-state index contributed by atoms with van der Waals surface area (Å²) in [5, 5.41) is 0. The van der Waals surface area contributed by atoms with Gasteiger partial charge in [0.15, 0.2) is 0 Å². The first-order valence-corrected chi connectivity index (χ1v) is 26.9. The van der Waals surface area contributed by atoms with Crippen LogP contribution in [0.5, 0.6) is 0 Å². The topological polar surface area (TPSA) is 9.72 Å². The molecule has 0 aliphatic heterocycles. The van der Waals surface area contributed by atoms with E-state index in [2.05, 4.69) is 307 Å². The van der Waals surface area contributed by atoms with E-state index in [9.17, 15) is 0 Å². The van der Waals surface area contributed by atoms with Crippen molar-refractivity contribution in [2.24, 2.45) is 0 Å². The average Bonchev–Trinajstić information content (AvgIpc) is 3.45. The van der Waals surface area contributed by atoms with E-state index in [4.69, 9.17) is 0 Å². The third-order valence-corrected chi connectivity index (χ3v) is 14.8. The van der Waals surface area contributed by atoms with Crippen LogP contribution < -0.4 is 14.7 Å². The molecule has 75 heavy (non-hydrogen) atoms. The highest BCUT2D eigenvalue weighted by Crippen LogP contribution is 2.45. The minimum atomic E-state index is 0.361. The molecule has 3 nitrogen and oxygen atoms in total. The predicted molar refractivity (Wildman–Crippen MR) is 323 cm³/mol. The Morgan fingerprint density at radius 2 is 0.547 bits per heavy atom. The highest BCUT2D eigenvalue weighted by atomic mass is 15.2. The van der Waals surface area contributed by atoms with Gasteiger partial charge in [-0.3, -0.25) is 0 Å². The van der Waals surface area contributed by atoms with Crippen molar-refractivity contribution in [1.82, 2.24) is 0 Å². The van der Waals surface area contributed by atoms with E-state index in [1.165, 1.54) is 67.5 Å². The summed E-state index contributed by atoms with van der Waals surface area (Å²) >= 11 is 0. The van der Waals surface area contributed by atoms with Crippen LogP contribution in [0.4, 0.5) is 51.2 Å². The molecule has 0 heterocycles. The molecule has 0 saturated heterocycles. The zero-order chi connectivity index (χ0) is 52.0. The van der Waals surface area contributed by atoms with Crippen LogP contribution >= 0.6 is 0 Å². The molecule has 0 N–H and O–H groups in total. The highest BCUT2D eigenvalue weighted by Gasteiger charge is 2.22. The summed E-state index contributed by atoms with van der Waals surface area (Å²) in [7, 11) is 0. The van der Waals surface area contributed by atoms with E-state index in [0.29, 0.717) is 11.8 Å². The quantitative estimate of drug-likeness (QED) is 0.0955. The molecule has 0 amide bonds. The molecule has 372 valence electrons. The van der Waals surface area contributed by atoms with Crippen LogP contribution in [0, 0.1) is 13.8 Å². The highest BCUT2D eigenvalue weighted by molar-refractivity contribution is 5.88. The molecule has 0 aromatic heterocycles. The van der Waals surface area contributed by atoms with E-state index in [-0.39, 0.29) is 0 Å². The van der Waals surface area contributed by atoms with E-state index in [1.54, 1.807) is 0 Å². The Kier molecular flexibility index (Phi) is 15.0. The number of hydrogen-bond donors (Lipinski definition) is 0. The van der Waals surface area contributed by atoms with Gasteiger partial charge in [0, 0.05) is 51.2 Å². The molecular weight excluding hydrogens is 907 g/mol. The lowest BCUT2D eigenvalue weighted by Crippen LogP contribution is -2.14. The molecule has 10 rings (SSSR count). The van der Waals surface area contributed by atoms with Crippen LogP contribution in [0.3, 0.4) is 0 Å². The number of rotatable bonds is 16. The molecule has 0 aliphatic rings. The Morgan fingerprint density at radius 1 is 0.280 bits per heavy atom. The predicted octanol–water partition coefficient (Wildman–Crippen LogP) is 21.1. The molecule has 3 heteroatoms. The number of para-hydroxylation sites is 6. The van der Waals surface area contributed by atoms with Gasteiger partial charge in [0.25, 0.3) is 0 Å². The second kappa shape index (κ2) is 22.4. The van der Waals surface area contributed by atoms with Crippen molar-refractivity contribution in [2.75, 3.05) is 14.7 Å². The molecule has 10 aromatic rings. The van der Waals surface area contributed by atoms with Gasteiger partial charge in [0.2, 0.25) is 0 Å². The summed E-state index contributed by atoms with van der Waals surface area (Å²) in [5.41, 5.74) is 25.3. The Morgan fingerprint density at radius 3 is 0.853 bits per heavy atom. The second-order valence-corrected chi connectivity index (χ2v) is 20.4. The molecule has 0 fully saturated rings. The largest absolute Gasteiger partial charge is 0.310 e. The summed E-state index contributed by atoms with van der Waals surface area (Å²) in [6, 6.07) is 87.4. The summed E-state index contributed by atoms with van der Waals surface area (Å²) in [6.45, 7) is 18.0. The van der Waals surface area contributed by atoms with Crippen molar-refractivity contribution in [2.45, 2.75) is 80.1 Å². The van der Waals surface area contributed by atoms with Gasteiger partial charge in [-0.2, -0.15) is 0 Å². The van der Waals surface area contributed by atoms with Crippen LogP contribution in [0.25, 0.3) is 33.4 Å². The van der Waals surface area contributed by atoms with Crippen molar-refractivity contribution >= 4 is 51.2 Å². The molecule has 0 unspecified atom stereocenters. The molecular formula is C72H69N3. The van der Waals surface area contributed by atoms with E-state index in [1.807, 2.05) is 0 Å². The number of aryl methyl sites for hydroxylation is 4. The molecule has 0 radical (unpaired) electrons. The normalized spacial score (nSPS) is 11.3. The van der Waals surface area contributed by atoms with Gasteiger partial charge in [-0.25, -0.2) is 0 Å². The summed E-state index contributed by atoms with van der Waals surface area (Å²) < 4.78 is 0. The Bertz CT molecular complexity index is 3250. The monoisotopic (exact) mass is 976 g/mol. The van der Waals surface area contributed by atoms with Crippen LogP contribution in [0.2, 0.25) is 0 Å². The first kappa shape index (κ1) is 50.1. The lowest BCUT2D eigenvalue weighted by molar-refractivity contribution is 0.864. The minimum Gasteiger partial charge on any atom is -0.310 e. The summed E-state index contributed by atoms with van der Waals surface area (Å²) in [4.78, 5) is 7.31. The molecule has 0 bridgehead atoms. The first-order valence-electron chi connectivity index (χ1n) is 26.9. The maximum absolute atomic E-state index is 2.45. The molecule has 10 aromatic carbocycles. The number of benzene rings is 10. The number of hydrogen-bond acceptors (Lipinski definition) is 3. The Hall–Kier alpha value is -8.40. The SMILES string of the molecule is CCc1ccccc1N(c1ccc(-c2cc(-c3ccc(N(c4ccccc4C)c4ccccc4C(C)C)cc3)cc(-c3ccc(N(c4ccccc4C)c4ccccc4C(C)C)cc3)c2)cc1)c1ccccc1CC.